The topological polar surface area (TPSA) is 171 Å². The second-order valence-electron chi connectivity index (χ2n) is 7.02. The molecule has 35 heavy (non-hydrogen) atoms. The highest BCUT2D eigenvalue weighted by Crippen LogP contribution is 2.35. The van der Waals surface area contributed by atoms with E-state index < -0.39 is 15.9 Å². The van der Waals surface area contributed by atoms with Crippen molar-refractivity contribution in [2.75, 3.05) is 16.3 Å². The van der Waals surface area contributed by atoms with Crippen LogP contribution in [0.25, 0.3) is 17.3 Å². The van der Waals surface area contributed by atoms with E-state index in [1.165, 1.54) is 16.9 Å². The van der Waals surface area contributed by atoms with Gasteiger partial charge in [0.05, 0.1) is 28.1 Å². The van der Waals surface area contributed by atoms with Crippen LogP contribution < -0.4 is 15.8 Å². The summed E-state index contributed by atoms with van der Waals surface area (Å²) < 4.78 is 32.0. The first-order valence-corrected chi connectivity index (χ1v) is 13.0. The van der Waals surface area contributed by atoms with Gasteiger partial charge in [0.25, 0.3) is 11.8 Å². The molecule has 0 spiro atoms. The average Bonchev–Trinajstić information content (AvgIpc) is 3.40. The minimum atomic E-state index is -3.65. The van der Waals surface area contributed by atoms with E-state index in [-0.39, 0.29) is 44.9 Å². The highest BCUT2D eigenvalue weighted by atomic mass is 79.9. The molecule has 16 heteroatoms. The largest absolute Gasteiger partial charge is 0.403 e. The minimum absolute atomic E-state index is 0.00965. The number of pyridine rings is 1. The SMILES string of the molecule is CS(=O)(=O)Nc1nnc(-c2cc(Cl)cc(CN)c2NC(=O)c2cn(-c3ncccc3Cl)nc2Br)o1. The highest BCUT2D eigenvalue weighted by molar-refractivity contribution is 9.10. The van der Waals surface area contributed by atoms with Gasteiger partial charge in [-0.1, -0.05) is 28.3 Å². The van der Waals surface area contributed by atoms with Crippen molar-refractivity contribution in [2.45, 2.75) is 6.54 Å². The zero-order valence-corrected chi connectivity index (χ0v) is 21.6. The van der Waals surface area contributed by atoms with E-state index in [0.717, 1.165) is 6.26 Å². The maximum Gasteiger partial charge on any atom is 0.329 e. The van der Waals surface area contributed by atoms with Crippen molar-refractivity contribution in [3.05, 3.63) is 62.4 Å². The van der Waals surface area contributed by atoms with E-state index in [9.17, 15) is 13.2 Å². The van der Waals surface area contributed by atoms with E-state index in [2.05, 4.69) is 46.2 Å². The number of nitrogens with zero attached hydrogens (tertiary/aromatic N) is 5. The van der Waals surface area contributed by atoms with Crippen LogP contribution in [0, 0.1) is 0 Å². The molecule has 0 aliphatic heterocycles. The van der Waals surface area contributed by atoms with Crippen LogP contribution in [0.1, 0.15) is 15.9 Å². The first kappa shape index (κ1) is 25.1. The Kier molecular flexibility index (Phi) is 7.10. The number of nitrogens with two attached hydrogens (primary N) is 1. The maximum absolute atomic E-state index is 13.2. The summed E-state index contributed by atoms with van der Waals surface area (Å²) in [6.07, 6.45) is 3.93. The van der Waals surface area contributed by atoms with Crippen molar-refractivity contribution in [1.82, 2.24) is 25.0 Å². The number of hydrogen-bond donors (Lipinski definition) is 3. The number of carbonyl (C=O) groups is 1. The summed E-state index contributed by atoms with van der Waals surface area (Å²) in [4.78, 5) is 17.4. The van der Waals surface area contributed by atoms with Gasteiger partial charge in [-0.3, -0.25) is 4.79 Å². The van der Waals surface area contributed by atoms with Crippen LogP contribution in [0.5, 0.6) is 0 Å². The predicted molar refractivity (Wildman–Crippen MR) is 133 cm³/mol. The number of benzene rings is 1. The maximum atomic E-state index is 13.2. The van der Waals surface area contributed by atoms with Gasteiger partial charge < -0.3 is 15.5 Å². The van der Waals surface area contributed by atoms with Gasteiger partial charge in [0.1, 0.15) is 4.60 Å². The lowest BCUT2D eigenvalue weighted by Crippen LogP contribution is -2.15. The Morgan fingerprint density at radius 1 is 1.29 bits per heavy atom. The predicted octanol–water partition coefficient (Wildman–Crippen LogP) is 3.47. The van der Waals surface area contributed by atoms with Crippen molar-refractivity contribution in [3.8, 4) is 17.3 Å². The van der Waals surface area contributed by atoms with Gasteiger partial charge in [-0.25, -0.2) is 22.8 Å². The zero-order valence-electron chi connectivity index (χ0n) is 17.7. The summed E-state index contributed by atoms with van der Waals surface area (Å²) in [5, 5.41) is 15.2. The molecule has 0 saturated carbocycles. The van der Waals surface area contributed by atoms with Crippen molar-refractivity contribution in [2.24, 2.45) is 5.73 Å². The van der Waals surface area contributed by atoms with Gasteiger partial charge in [-0.05, 0) is 45.8 Å². The van der Waals surface area contributed by atoms with Gasteiger partial charge in [0.15, 0.2) is 5.82 Å². The normalized spacial score (nSPS) is 11.5. The third-order valence-electron chi connectivity index (χ3n) is 4.44. The number of rotatable bonds is 7. The number of halogens is 3. The molecule has 0 aliphatic rings. The molecule has 4 N–H and O–H groups in total. The van der Waals surface area contributed by atoms with Crippen LogP contribution in [-0.4, -0.2) is 45.5 Å². The van der Waals surface area contributed by atoms with Gasteiger partial charge in [0, 0.05) is 24.0 Å². The number of carbonyl (C=O) groups excluding carboxylic acids is 1. The lowest BCUT2D eigenvalue weighted by Gasteiger charge is -2.14. The number of sulfonamides is 1. The summed E-state index contributed by atoms with van der Waals surface area (Å²) >= 11 is 15.7. The molecule has 1 aromatic carbocycles. The molecule has 4 aromatic rings. The number of hydrogen-bond acceptors (Lipinski definition) is 9. The van der Waals surface area contributed by atoms with Gasteiger partial charge in [-0.2, -0.15) is 5.10 Å². The number of nitrogens with one attached hydrogen (secondary N) is 2. The fraction of sp³-hybridized carbons (Fsp3) is 0.105. The van der Waals surface area contributed by atoms with E-state index >= 15 is 0 Å². The molecule has 0 atom stereocenters. The zero-order chi connectivity index (χ0) is 25.3. The quantitative estimate of drug-likeness (QED) is 0.287. The Bertz CT molecular complexity index is 1540. The summed E-state index contributed by atoms with van der Waals surface area (Å²) in [6.45, 7) is 0.00965. The number of amides is 1. The Balaban J connectivity index is 1.72. The summed E-state index contributed by atoms with van der Waals surface area (Å²) in [5.41, 5.74) is 6.99. The molecule has 0 radical (unpaired) electrons. The van der Waals surface area contributed by atoms with Crippen LogP contribution >= 0.6 is 39.1 Å². The molecule has 3 aromatic heterocycles. The molecular weight excluding hydrogens is 587 g/mol. The Hall–Kier alpha value is -3.04. The first-order valence-electron chi connectivity index (χ1n) is 9.57. The Labute approximate surface area is 217 Å². The van der Waals surface area contributed by atoms with Crippen molar-refractivity contribution in [3.63, 3.8) is 0 Å². The third-order valence-corrected chi connectivity index (χ3v) is 6.09. The van der Waals surface area contributed by atoms with E-state index in [1.807, 2.05) is 0 Å². The molecule has 1 amide bonds. The molecule has 4 rings (SSSR count). The van der Waals surface area contributed by atoms with Crippen LogP contribution in [0.4, 0.5) is 11.7 Å². The average molecular weight is 602 g/mol. The Morgan fingerprint density at radius 2 is 2.06 bits per heavy atom. The fourth-order valence-corrected chi connectivity index (χ4v) is 4.31. The molecule has 12 nitrogen and oxygen atoms in total. The molecule has 0 aliphatic carbocycles. The third kappa shape index (κ3) is 5.62. The molecule has 0 unspecified atom stereocenters. The van der Waals surface area contributed by atoms with Crippen molar-refractivity contribution < 1.29 is 17.6 Å². The van der Waals surface area contributed by atoms with Crippen LogP contribution in [0.2, 0.25) is 10.0 Å². The summed E-state index contributed by atoms with van der Waals surface area (Å²) in [7, 11) is -3.65. The first-order chi connectivity index (χ1) is 16.6. The molecule has 182 valence electrons. The fourth-order valence-electron chi connectivity index (χ4n) is 3.01. The molecule has 0 bridgehead atoms. The smallest absolute Gasteiger partial charge is 0.329 e. The molecule has 3 heterocycles. The van der Waals surface area contributed by atoms with Gasteiger partial charge in [-0.15, -0.1) is 5.10 Å². The second kappa shape index (κ2) is 9.91. The van der Waals surface area contributed by atoms with Crippen LogP contribution in [-0.2, 0) is 16.6 Å². The van der Waals surface area contributed by atoms with Crippen LogP contribution in [0.3, 0.4) is 0 Å². The van der Waals surface area contributed by atoms with E-state index in [4.69, 9.17) is 33.4 Å². The van der Waals surface area contributed by atoms with E-state index in [1.54, 1.807) is 24.4 Å². The summed E-state index contributed by atoms with van der Waals surface area (Å²) in [5.74, 6) is -0.318. The lowest BCUT2D eigenvalue weighted by molar-refractivity contribution is 0.102. The van der Waals surface area contributed by atoms with Gasteiger partial charge in [0.2, 0.25) is 10.0 Å². The highest BCUT2D eigenvalue weighted by Gasteiger charge is 2.23. The molecular formula is C19H15BrCl2N8O4S. The van der Waals surface area contributed by atoms with Gasteiger partial charge >= 0.3 is 6.01 Å². The van der Waals surface area contributed by atoms with Crippen molar-refractivity contribution >= 4 is 66.8 Å². The standard InChI is InChI=1S/C19H15BrCl2N8O4S/c1-35(32,33)29-19-27-26-18(34-19)11-6-10(21)5-9(7-23)14(11)25-17(31)12-8-30(28-15(12)20)16-13(22)3-2-4-24-16/h2-6,8H,7,23H2,1H3,(H,25,31)(H,27,29). The summed E-state index contributed by atoms with van der Waals surface area (Å²) in [6, 6.07) is 6.00. The molecule has 0 saturated heterocycles. The monoisotopic (exact) mass is 600 g/mol. The number of aromatic nitrogens is 5. The minimum Gasteiger partial charge on any atom is -0.403 e. The van der Waals surface area contributed by atoms with Crippen LogP contribution in [0.15, 0.2) is 45.7 Å². The van der Waals surface area contributed by atoms with E-state index in [0.29, 0.717) is 16.4 Å². The Morgan fingerprint density at radius 3 is 2.74 bits per heavy atom. The lowest BCUT2D eigenvalue weighted by atomic mass is 10.1. The second-order valence-corrected chi connectivity index (χ2v) is 10.4. The molecule has 0 fully saturated rings. The van der Waals surface area contributed by atoms with Crippen molar-refractivity contribution in [1.29, 1.82) is 0 Å². The number of anilines is 2.